The lowest BCUT2D eigenvalue weighted by Gasteiger charge is -2.17. The van der Waals surface area contributed by atoms with Gasteiger partial charge in [0.15, 0.2) is 0 Å². The van der Waals surface area contributed by atoms with E-state index in [0.717, 1.165) is 34.4 Å². The molecule has 3 heterocycles. The predicted molar refractivity (Wildman–Crippen MR) is 130 cm³/mol. The fraction of sp³-hybridized carbons (Fsp3) is 0.192. The molecule has 3 aromatic heterocycles. The second kappa shape index (κ2) is 8.54. The lowest BCUT2D eigenvalue weighted by molar-refractivity contribution is -0.137. The van der Waals surface area contributed by atoms with Crippen molar-refractivity contribution in [3.05, 3.63) is 76.8 Å². The maximum Gasteiger partial charge on any atom is 0.417 e. The summed E-state index contributed by atoms with van der Waals surface area (Å²) in [5.41, 5.74) is 5.79. The van der Waals surface area contributed by atoms with Crippen LogP contribution in [0, 0.1) is 0 Å². The third-order valence-corrected chi connectivity index (χ3v) is 6.47. The summed E-state index contributed by atoms with van der Waals surface area (Å²) in [6, 6.07) is 11.4. The van der Waals surface area contributed by atoms with E-state index in [0.29, 0.717) is 17.8 Å². The van der Waals surface area contributed by atoms with Crippen LogP contribution >= 0.6 is 0 Å². The molecule has 0 unspecified atom stereocenters. The van der Waals surface area contributed by atoms with E-state index in [1.807, 2.05) is 10.7 Å². The van der Waals surface area contributed by atoms with Gasteiger partial charge in [-0.25, -0.2) is 0 Å². The van der Waals surface area contributed by atoms with Gasteiger partial charge >= 0.3 is 12.8 Å². The molecule has 0 saturated heterocycles. The third-order valence-electron chi connectivity index (χ3n) is 6.47. The Labute approximate surface area is 210 Å². The molecule has 12 heteroatoms. The zero-order valence-electron chi connectivity index (χ0n) is 19.4. The van der Waals surface area contributed by atoms with E-state index >= 15 is 0 Å². The van der Waals surface area contributed by atoms with Crippen LogP contribution in [0.3, 0.4) is 0 Å². The van der Waals surface area contributed by atoms with Crippen molar-refractivity contribution in [1.29, 1.82) is 0 Å². The number of rotatable bonds is 5. The standard InChI is InChI=1S/C26H18F5N5O2/c27-25(28)38-18-6-4-16(5-7-18)35-20-10-15(26(29,30)31)12-33-23(20)22(32)21(24(35)37)13-1-8-19-14(9-13)11-34-36(19)17-2-3-17/h1,4-12,17,25H,2-3,32H2. The monoisotopic (exact) mass is 527 g/mol. The highest BCUT2D eigenvalue weighted by atomic mass is 19.4. The predicted octanol–water partition coefficient (Wildman–Crippen LogP) is 5.94. The Bertz CT molecular complexity index is 1760. The Hall–Kier alpha value is -4.48. The maximum atomic E-state index is 13.9. The number of pyridine rings is 2. The molecule has 1 aliphatic carbocycles. The largest absolute Gasteiger partial charge is 0.435 e. The summed E-state index contributed by atoms with van der Waals surface area (Å²) in [7, 11) is 0. The molecule has 1 saturated carbocycles. The molecular weight excluding hydrogens is 509 g/mol. The molecule has 1 fully saturated rings. The van der Waals surface area contributed by atoms with Gasteiger partial charge in [-0.1, -0.05) is 6.07 Å². The molecule has 0 bridgehead atoms. The molecule has 1 aliphatic rings. The quantitative estimate of drug-likeness (QED) is 0.286. The molecule has 194 valence electrons. The zero-order chi connectivity index (χ0) is 26.8. The number of anilines is 1. The van der Waals surface area contributed by atoms with Crippen molar-refractivity contribution in [1.82, 2.24) is 19.3 Å². The van der Waals surface area contributed by atoms with Crippen LogP contribution in [0.15, 0.2) is 65.7 Å². The first-order valence-electron chi connectivity index (χ1n) is 11.6. The van der Waals surface area contributed by atoms with Crippen LogP contribution in [0.25, 0.3) is 38.8 Å². The number of nitrogen functional groups attached to an aromatic ring is 1. The van der Waals surface area contributed by atoms with Gasteiger partial charge in [0.05, 0.1) is 40.1 Å². The van der Waals surface area contributed by atoms with Crippen molar-refractivity contribution in [3.8, 4) is 22.6 Å². The number of aromatic nitrogens is 4. The van der Waals surface area contributed by atoms with Gasteiger partial charge < -0.3 is 10.5 Å². The van der Waals surface area contributed by atoms with Crippen LogP contribution in [0.1, 0.15) is 24.4 Å². The number of ether oxygens (including phenoxy) is 1. The van der Waals surface area contributed by atoms with E-state index in [-0.39, 0.29) is 33.7 Å². The summed E-state index contributed by atoms with van der Waals surface area (Å²) in [6.07, 6.45) is -0.319. The molecule has 6 rings (SSSR count). The number of halogens is 5. The Morgan fingerprint density at radius 2 is 1.74 bits per heavy atom. The van der Waals surface area contributed by atoms with Crippen molar-refractivity contribution in [2.45, 2.75) is 31.7 Å². The summed E-state index contributed by atoms with van der Waals surface area (Å²) < 4.78 is 73.1. The highest BCUT2D eigenvalue weighted by molar-refractivity contribution is 5.98. The molecule has 0 spiro atoms. The van der Waals surface area contributed by atoms with E-state index in [1.54, 1.807) is 18.3 Å². The first-order chi connectivity index (χ1) is 18.1. The summed E-state index contributed by atoms with van der Waals surface area (Å²) in [5.74, 6) is -0.177. The number of nitrogens with zero attached hydrogens (tertiary/aromatic N) is 4. The second-order valence-electron chi connectivity index (χ2n) is 8.99. The molecule has 0 atom stereocenters. The van der Waals surface area contributed by atoms with E-state index in [9.17, 15) is 26.7 Å². The van der Waals surface area contributed by atoms with Gasteiger partial charge in [0, 0.05) is 17.3 Å². The van der Waals surface area contributed by atoms with Crippen molar-refractivity contribution in [3.63, 3.8) is 0 Å². The summed E-state index contributed by atoms with van der Waals surface area (Å²) in [6.45, 7) is -3.06. The second-order valence-corrected chi connectivity index (χ2v) is 8.99. The zero-order valence-corrected chi connectivity index (χ0v) is 19.4. The SMILES string of the molecule is Nc1c(-c2ccc3c(cnn3C3CC3)c2)c(=O)n(-c2ccc(OC(F)F)cc2)c2cc(C(F)(F)F)cnc12. The van der Waals surface area contributed by atoms with Crippen LogP contribution in [-0.2, 0) is 6.18 Å². The third kappa shape index (κ3) is 4.01. The first-order valence-corrected chi connectivity index (χ1v) is 11.6. The van der Waals surface area contributed by atoms with E-state index in [1.165, 1.54) is 24.3 Å². The minimum atomic E-state index is -4.72. The van der Waals surface area contributed by atoms with Gasteiger partial charge in [0.25, 0.3) is 5.56 Å². The van der Waals surface area contributed by atoms with Gasteiger partial charge in [-0.05, 0) is 60.9 Å². The lowest BCUT2D eigenvalue weighted by Crippen LogP contribution is -2.23. The summed E-state index contributed by atoms with van der Waals surface area (Å²) in [5, 5.41) is 5.20. The smallest absolute Gasteiger partial charge is 0.417 e. The van der Waals surface area contributed by atoms with Crippen molar-refractivity contribution < 1.29 is 26.7 Å². The number of nitrogens with two attached hydrogens (primary N) is 1. The molecule has 2 N–H and O–H groups in total. The van der Waals surface area contributed by atoms with E-state index < -0.39 is 23.9 Å². The number of benzene rings is 2. The average Bonchev–Trinajstić information content (AvgIpc) is 3.63. The molecule has 0 radical (unpaired) electrons. The molecule has 0 amide bonds. The van der Waals surface area contributed by atoms with E-state index in [2.05, 4.69) is 14.8 Å². The number of fused-ring (bicyclic) bond motifs is 2. The average molecular weight is 527 g/mol. The van der Waals surface area contributed by atoms with Crippen molar-refractivity contribution in [2.24, 2.45) is 0 Å². The fourth-order valence-corrected chi connectivity index (χ4v) is 4.57. The molecule has 0 aliphatic heterocycles. The van der Waals surface area contributed by atoms with Crippen LogP contribution in [0.4, 0.5) is 27.6 Å². The van der Waals surface area contributed by atoms with Gasteiger partial charge in [0.1, 0.15) is 11.3 Å². The summed E-state index contributed by atoms with van der Waals surface area (Å²) in [4.78, 5) is 17.9. The highest BCUT2D eigenvalue weighted by Crippen LogP contribution is 2.38. The van der Waals surface area contributed by atoms with Crippen LogP contribution in [-0.4, -0.2) is 25.9 Å². The lowest BCUT2D eigenvalue weighted by atomic mass is 10.0. The van der Waals surface area contributed by atoms with Crippen molar-refractivity contribution in [2.75, 3.05) is 5.73 Å². The van der Waals surface area contributed by atoms with Crippen LogP contribution in [0.2, 0.25) is 0 Å². The minimum absolute atomic E-state index is 0.0192. The number of hydrogen-bond acceptors (Lipinski definition) is 5. The molecule has 5 aromatic rings. The minimum Gasteiger partial charge on any atom is -0.435 e. The Kier molecular flexibility index (Phi) is 5.37. The first kappa shape index (κ1) is 23.9. The number of hydrogen-bond donors (Lipinski definition) is 1. The van der Waals surface area contributed by atoms with Gasteiger partial charge in [-0.2, -0.15) is 27.1 Å². The molecule has 38 heavy (non-hydrogen) atoms. The Morgan fingerprint density at radius 1 is 1.00 bits per heavy atom. The number of alkyl halides is 5. The highest BCUT2D eigenvalue weighted by Gasteiger charge is 2.32. The fourth-order valence-electron chi connectivity index (χ4n) is 4.57. The maximum absolute atomic E-state index is 13.9. The normalized spacial score (nSPS) is 14.1. The Morgan fingerprint density at radius 3 is 2.39 bits per heavy atom. The molecular formula is C26H18F5N5O2. The summed E-state index contributed by atoms with van der Waals surface area (Å²) >= 11 is 0. The topological polar surface area (TPSA) is 88.0 Å². The van der Waals surface area contributed by atoms with Gasteiger partial charge in [-0.15, -0.1) is 0 Å². The van der Waals surface area contributed by atoms with Gasteiger partial charge in [-0.3, -0.25) is 19.0 Å². The van der Waals surface area contributed by atoms with E-state index in [4.69, 9.17) is 5.73 Å². The Balaban J connectivity index is 1.60. The van der Waals surface area contributed by atoms with Crippen LogP contribution < -0.4 is 16.0 Å². The molecule has 7 nitrogen and oxygen atoms in total. The van der Waals surface area contributed by atoms with Gasteiger partial charge in [0.2, 0.25) is 0 Å². The van der Waals surface area contributed by atoms with Crippen molar-refractivity contribution >= 4 is 27.6 Å². The van der Waals surface area contributed by atoms with Crippen LogP contribution in [0.5, 0.6) is 5.75 Å². The molecule has 2 aromatic carbocycles.